The first-order chi connectivity index (χ1) is 6.20. The van der Waals surface area contributed by atoms with E-state index in [1.165, 1.54) is 11.1 Å². The molecule has 0 bridgehead atoms. The van der Waals surface area contributed by atoms with E-state index in [2.05, 4.69) is 12.2 Å². The van der Waals surface area contributed by atoms with E-state index in [-0.39, 0.29) is 0 Å². The Morgan fingerprint density at radius 1 is 1.46 bits per heavy atom. The molecule has 0 amide bonds. The number of nitrogens with one attached hydrogen (secondary N) is 1. The average Bonchev–Trinajstić information content (AvgIpc) is 2.12. The number of hydrogen-bond acceptors (Lipinski definition) is 2. The molecule has 1 aromatic rings. The molecule has 2 nitrogen and oxygen atoms in total. The number of fused-ring (bicyclic) bond motifs is 1. The molecule has 1 heterocycles. The second-order valence-corrected chi connectivity index (χ2v) is 3.70. The fraction of sp³-hybridized carbons (Fsp3) is 0.455. The van der Waals surface area contributed by atoms with E-state index in [4.69, 9.17) is 0 Å². The molecule has 70 valence electrons. The van der Waals surface area contributed by atoms with Crippen molar-refractivity contribution in [2.45, 2.75) is 26.3 Å². The van der Waals surface area contributed by atoms with Gasteiger partial charge in [0.05, 0.1) is 0 Å². The number of phenols is 1. The zero-order valence-electron chi connectivity index (χ0n) is 8.09. The van der Waals surface area contributed by atoms with E-state index in [9.17, 15) is 5.11 Å². The van der Waals surface area contributed by atoms with Crippen LogP contribution >= 0.6 is 0 Å². The first-order valence-electron chi connectivity index (χ1n) is 4.75. The molecule has 0 radical (unpaired) electrons. The fourth-order valence-electron chi connectivity index (χ4n) is 2.03. The Morgan fingerprint density at radius 2 is 2.23 bits per heavy atom. The highest BCUT2D eigenvalue weighted by molar-refractivity contribution is 5.45. The SMILES string of the molecule is Cc1c(O)ccc2c1CCNC2C. The van der Waals surface area contributed by atoms with Crippen LogP contribution in [0.5, 0.6) is 5.75 Å². The second kappa shape index (κ2) is 3.04. The molecular weight excluding hydrogens is 162 g/mol. The van der Waals surface area contributed by atoms with Gasteiger partial charge in [-0.2, -0.15) is 0 Å². The molecule has 2 N–H and O–H groups in total. The molecule has 1 aromatic carbocycles. The normalized spacial score (nSPS) is 21.2. The van der Waals surface area contributed by atoms with Crippen molar-refractivity contribution >= 4 is 0 Å². The van der Waals surface area contributed by atoms with Crippen LogP contribution in [-0.2, 0) is 6.42 Å². The van der Waals surface area contributed by atoms with E-state index in [1.807, 2.05) is 13.0 Å². The Morgan fingerprint density at radius 3 is 3.00 bits per heavy atom. The molecule has 0 saturated heterocycles. The van der Waals surface area contributed by atoms with E-state index < -0.39 is 0 Å². The number of phenolic OH excluding ortho intramolecular Hbond substituents is 1. The quantitative estimate of drug-likeness (QED) is 0.634. The minimum absolute atomic E-state index is 0.419. The minimum Gasteiger partial charge on any atom is -0.508 e. The van der Waals surface area contributed by atoms with Crippen molar-refractivity contribution in [2.24, 2.45) is 0 Å². The lowest BCUT2D eigenvalue weighted by molar-refractivity contribution is 0.465. The Hall–Kier alpha value is -1.02. The zero-order chi connectivity index (χ0) is 9.42. The van der Waals surface area contributed by atoms with Gasteiger partial charge in [-0.3, -0.25) is 0 Å². The maximum atomic E-state index is 9.54. The monoisotopic (exact) mass is 177 g/mol. The van der Waals surface area contributed by atoms with Gasteiger partial charge in [0.15, 0.2) is 0 Å². The van der Waals surface area contributed by atoms with Crippen molar-refractivity contribution in [1.82, 2.24) is 5.32 Å². The predicted molar refractivity (Wildman–Crippen MR) is 53.0 cm³/mol. The van der Waals surface area contributed by atoms with Crippen LogP contribution in [0, 0.1) is 6.92 Å². The summed E-state index contributed by atoms with van der Waals surface area (Å²) in [6.45, 7) is 5.17. The molecule has 2 heteroatoms. The standard InChI is InChI=1S/C11H15NO/c1-7-9-5-6-12-8(2)10(9)3-4-11(7)13/h3-4,8,12-13H,5-6H2,1-2H3. The summed E-state index contributed by atoms with van der Waals surface area (Å²) < 4.78 is 0. The largest absolute Gasteiger partial charge is 0.508 e. The van der Waals surface area contributed by atoms with Gasteiger partial charge in [0.2, 0.25) is 0 Å². The summed E-state index contributed by atoms with van der Waals surface area (Å²) in [4.78, 5) is 0. The van der Waals surface area contributed by atoms with Crippen molar-refractivity contribution in [3.05, 3.63) is 28.8 Å². The third kappa shape index (κ3) is 1.31. The minimum atomic E-state index is 0.419. The smallest absolute Gasteiger partial charge is 0.118 e. The topological polar surface area (TPSA) is 32.3 Å². The summed E-state index contributed by atoms with van der Waals surface area (Å²) >= 11 is 0. The van der Waals surface area contributed by atoms with Crippen LogP contribution in [0.3, 0.4) is 0 Å². The van der Waals surface area contributed by atoms with Gasteiger partial charge in [-0.15, -0.1) is 0 Å². The summed E-state index contributed by atoms with van der Waals surface area (Å²) in [7, 11) is 0. The molecule has 0 aromatic heterocycles. The van der Waals surface area contributed by atoms with Gasteiger partial charge in [0.25, 0.3) is 0 Å². The van der Waals surface area contributed by atoms with Crippen molar-refractivity contribution in [1.29, 1.82) is 0 Å². The van der Waals surface area contributed by atoms with Gasteiger partial charge in [-0.05, 0) is 49.6 Å². The molecule has 0 spiro atoms. The molecule has 0 fully saturated rings. The highest BCUT2D eigenvalue weighted by Gasteiger charge is 2.18. The summed E-state index contributed by atoms with van der Waals surface area (Å²) in [6.07, 6.45) is 1.03. The Labute approximate surface area is 78.6 Å². The summed E-state index contributed by atoms with van der Waals surface area (Å²) in [5.74, 6) is 0.424. The lowest BCUT2D eigenvalue weighted by Gasteiger charge is -2.25. The van der Waals surface area contributed by atoms with E-state index in [0.717, 1.165) is 18.5 Å². The molecule has 1 aliphatic rings. The number of aromatic hydroxyl groups is 1. The molecule has 13 heavy (non-hydrogen) atoms. The Balaban J connectivity index is 2.56. The van der Waals surface area contributed by atoms with Crippen LogP contribution in [0.4, 0.5) is 0 Å². The first kappa shape index (κ1) is 8.57. The molecular formula is C11H15NO. The zero-order valence-corrected chi connectivity index (χ0v) is 8.09. The molecule has 1 unspecified atom stereocenters. The van der Waals surface area contributed by atoms with Crippen LogP contribution in [0.2, 0.25) is 0 Å². The van der Waals surface area contributed by atoms with Crippen LogP contribution in [0.1, 0.15) is 29.7 Å². The van der Waals surface area contributed by atoms with Gasteiger partial charge in [0.1, 0.15) is 5.75 Å². The summed E-state index contributed by atoms with van der Waals surface area (Å²) in [5, 5.41) is 12.9. The Bertz CT molecular complexity index is 333. The molecule has 1 atom stereocenters. The second-order valence-electron chi connectivity index (χ2n) is 3.70. The van der Waals surface area contributed by atoms with E-state index in [1.54, 1.807) is 6.07 Å². The van der Waals surface area contributed by atoms with Crippen molar-refractivity contribution in [2.75, 3.05) is 6.54 Å². The number of hydrogen-bond donors (Lipinski definition) is 2. The van der Waals surface area contributed by atoms with Gasteiger partial charge >= 0.3 is 0 Å². The number of benzene rings is 1. The first-order valence-corrected chi connectivity index (χ1v) is 4.75. The van der Waals surface area contributed by atoms with Crippen LogP contribution in [0.25, 0.3) is 0 Å². The summed E-state index contributed by atoms with van der Waals surface area (Å²) in [5.41, 5.74) is 3.71. The highest BCUT2D eigenvalue weighted by Crippen LogP contribution is 2.30. The van der Waals surface area contributed by atoms with Crippen molar-refractivity contribution < 1.29 is 5.11 Å². The van der Waals surface area contributed by atoms with Crippen LogP contribution in [0.15, 0.2) is 12.1 Å². The lowest BCUT2D eigenvalue weighted by Crippen LogP contribution is -2.28. The average molecular weight is 177 g/mol. The van der Waals surface area contributed by atoms with E-state index in [0.29, 0.717) is 11.8 Å². The van der Waals surface area contributed by atoms with Crippen LogP contribution < -0.4 is 5.32 Å². The Kier molecular flexibility index (Phi) is 2.00. The highest BCUT2D eigenvalue weighted by atomic mass is 16.3. The lowest BCUT2D eigenvalue weighted by atomic mass is 9.91. The third-order valence-corrected chi connectivity index (χ3v) is 2.90. The van der Waals surface area contributed by atoms with E-state index >= 15 is 0 Å². The van der Waals surface area contributed by atoms with Gasteiger partial charge < -0.3 is 10.4 Å². The maximum absolute atomic E-state index is 9.54. The van der Waals surface area contributed by atoms with Crippen molar-refractivity contribution in [3.63, 3.8) is 0 Å². The fourth-order valence-corrected chi connectivity index (χ4v) is 2.03. The molecule has 2 rings (SSSR count). The maximum Gasteiger partial charge on any atom is 0.118 e. The molecule has 0 aliphatic carbocycles. The van der Waals surface area contributed by atoms with Crippen molar-refractivity contribution in [3.8, 4) is 5.75 Å². The third-order valence-electron chi connectivity index (χ3n) is 2.90. The van der Waals surface area contributed by atoms with Gasteiger partial charge in [-0.25, -0.2) is 0 Å². The number of rotatable bonds is 0. The predicted octanol–water partition coefficient (Wildman–Crippen LogP) is 1.91. The van der Waals surface area contributed by atoms with Gasteiger partial charge in [0, 0.05) is 6.04 Å². The van der Waals surface area contributed by atoms with Crippen LogP contribution in [-0.4, -0.2) is 11.7 Å². The molecule has 1 aliphatic heterocycles. The summed E-state index contributed by atoms with van der Waals surface area (Å²) in [6, 6.07) is 4.23. The molecule has 0 saturated carbocycles. The van der Waals surface area contributed by atoms with Gasteiger partial charge in [-0.1, -0.05) is 6.07 Å².